The van der Waals surface area contributed by atoms with Crippen molar-refractivity contribution in [2.75, 3.05) is 10.0 Å². The van der Waals surface area contributed by atoms with Crippen molar-refractivity contribution in [3.05, 3.63) is 88.4 Å². The van der Waals surface area contributed by atoms with Crippen LogP contribution in [0.4, 0.5) is 11.4 Å². The Labute approximate surface area is 178 Å². The van der Waals surface area contributed by atoms with Crippen molar-refractivity contribution >= 4 is 44.9 Å². The van der Waals surface area contributed by atoms with Crippen molar-refractivity contribution in [3.8, 4) is 0 Å². The zero-order valence-electron chi connectivity index (χ0n) is 15.7. The minimum atomic E-state index is -4.09. The summed E-state index contributed by atoms with van der Waals surface area (Å²) in [6.07, 6.45) is 0. The highest BCUT2D eigenvalue weighted by atomic mass is 35.5. The lowest BCUT2D eigenvalue weighted by molar-refractivity contribution is 0.0696. The number of aryl methyl sites for hydroxylation is 1. The third-order valence-electron chi connectivity index (χ3n) is 4.13. The number of hydrogen-bond acceptors (Lipinski definition) is 4. The first-order valence-electron chi connectivity index (χ1n) is 8.69. The van der Waals surface area contributed by atoms with E-state index in [1.54, 1.807) is 18.2 Å². The summed E-state index contributed by atoms with van der Waals surface area (Å²) in [5.41, 5.74) is 1.50. The molecule has 0 aliphatic heterocycles. The van der Waals surface area contributed by atoms with Gasteiger partial charge < -0.3 is 10.4 Å². The molecule has 3 aromatic carbocycles. The van der Waals surface area contributed by atoms with Gasteiger partial charge in [0.1, 0.15) is 0 Å². The zero-order chi connectivity index (χ0) is 21.9. The maximum absolute atomic E-state index is 12.7. The monoisotopic (exact) mass is 444 g/mol. The van der Waals surface area contributed by atoms with Crippen LogP contribution in [-0.2, 0) is 10.0 Å². The Morgan fingerprint density at radius 1 is 0.933 bits per heavy atom. The normalized spacial score (nSPS) is 11.0. The first-order valence-corrected chi connectivity index (χ1v) is 10.6. The average Bonchev–Trinajstić information content (AvgIpc) is 2.68. The van der Waals surface area contributed by atoms with Crippen LogP contribution in [-0.4, -0.2) is 25.4 Å². The second-order valence-corrected chi connectivity index (χ2v) is 8.55. The third-order valence-corrected chi connectivity index (χ3v) is 5.84. The Morgan fingerprint density at radius 2 is 1.63 bits per heavy atom. The molecule has 0 radical (unpaired) electrons. The minimum absolute atomic E-state index is 0.0136. The van der Waals surface area contributed by atoms with Crippen LogP contribution in [0.1, 0.15) is 26.3 Å². The molecule has 0 unspecified atom stereocenters. The van der Waals surface area contributed by atoms with E-state index in [1.165, 1.54) is 36.4 Å². The summed E-state index contributed by atoms with van der Waals surface area (Å²) in [5.74, 6) is -1.74. The Kier molecular flexibility index (Phi) is 6.09. The van der Waals surface area contributed by atoms with Crippen LogP contribution >= 0.6 is 11.6 Å². The van der Waals surface area contributed by atoms with Gasteiger partial charge in [0, 0.05) is 11.4 Å². The van der Waals surface area contributed by atoms with Crippen molar-refractivity contribution in [1.82, 2.24) is 0 Å². The largest absolute Gasteiger partial charge is 0.478 e. The summed E-state index contributed by atoms with van der Waals surface area (Å²) in [7, 11) is -4.09. The smallest absolute Gasteiger partial charge is 0.335 e. The van der Waals surface area contributed by atoms with Gasteiger partial charge in [0.15, 0.2) is 0 Å². The van der Waals surface area contributed by atoms with Gasteiger partial charge in [-0.15, -0.1) is 0 Å². The van der Waals surface area contributed by atoms with Crippen LogP contribution in [0.5, 0.6) is 0 Å². The van der Waals surface area contributed by atoms with Gasteiger partial charge >= 0.3 is 5.97 Å². The topological polar surface area (TPSA) is 113 Å². The fourth-order valence-electron chi connectivity index (χ4n) is 2.70. The highest BCUT2D eigenvalue weighted by Crippen LogP contribution is 2.24. The molecule has 7 nitrogen and oxygen atoms in total. The van der Waals surface area contributed by atoms with Crippen molar-refractivity contribution in [2.24, 2.45) is 0 Å². The van der Waals surface area contributed by atoms with E-state index in [9.17, 15) is 18.0 Å². The van der Waals surface area contributed by atoms with Crippen LogP contribution in [0.2, 0.25) is 5.02 Å². The molecule has 3 N–H and O–H groups in total. The van der Waals surface area contributed by atoms with Gasteiger partial charge in [-0.25, -0.2) is 13.2 Å². The quantitative estimate of drug-likeness (QED) is 0.521. The van der Waals surface area contributed by atoms with E-state index in [4.69, 9.17) is 16.7 Å². The fourth-order valence-corrected chi connectivity index (χ4v) is 3.98. The molecule has 3 rings (SSSR count). The van der Waals surface area contributed by atoms with E-state index in [0.29, 0.717) is 5.69 Å². The Morgan fingerprint density at radius 3 is 2.33 bits per heavy atom. The van der Waals surface area contributed by atoms with E-state index < -0.39 is 21.9 Å². The van der Waals surface area contributed by atoms with Crippen LogP contribution in [0.25, 0.3) is 0 Å². The number of rotatable bonds is 6. The zero-order valence-corrected chi connectivity index (χ0v) is 17.3. The lowest BCUT2D eigenvalue weighted by Crippen LogP contribution is -2.16. The first-order chi connectivity index (χ1) is 14.2. The average molecular weight is 445 g/mol. The lowest BCUT2D eigenvalue weighted by atomic mass is 10.2. The molecule has 0 aromatic heterocycles. The molecule has 0 fully saturated rings. The molecule has 0 atom stereocenters. The summed E-state index contributed by atoms with van der Waals surface area (Å²) in [6.45, 7) is 1.88. The van der Waals surface area contributed by atoms with E-state index in [1.807, 2.05) is 13.0 Å². The number of anilines is 2. The van der Waals surface area contributed by atoms with E-state index in [2.05, 4.69) is 10.0 Å². The highest BCUT2D eigenvalue weighted by molar-refractivity contribution is 7.92. The van der Waals surface area contributed by atoms with E-state index >= 15 is 0 Å². The van der Waals surface area contributed by atoms with Crippen LogP contribution in [0, 0.1) is 6.92 Å². The third kappa shape index (κ3) is 4.97. The highest BCUT2D eigenvalue weighted by Gasteiger charge is 2.20. The molecule has 9 heteroatoms. The number of carboxylic acid groups (broad SMARTS) is 1. The molecule has 3 aromatic rings. The summed E-state index contributed by atoms with van der Waals surface area (Å²) >= 11 is 6.11. The van der Waals surface area contributed by atoms with E-state index in [-0.39, 0.29) is 26.7 Å². The summed E-state index contributed by atoms with van der Waals surface area (Å²) in [4.78, 5) is 23.5. The Hall–Kier alpha value is -3.36. The summed E-state index contributed by atoms with van der Waals surface area (Å²) in [5, 5.41) is 11.8. The second kappa shape index (κ2) is 8.56. The molecule has 30 heavy (non-hydrogen) atoms. The number of hydrogen-bond donors (Lipinski definition) is 3. The number of carbonyl (C=O) groups excluding carboxylic acids is 1. The number of carboxylic acids is 1. The number of halogens is 1. The molecular weight excluding hydrogens is 428 g/mol. The van der Waals surface area contributed by atoms with Gasteiger partial charge in [0.25, 0.3) is 15.9 Å². The molecule has 0 saturated carbocycles. The SMILES string of the molecule is Cc1cccc(NC(=O)c2cc(S(=O)(=O)Nc3cccc(C(=O)O)c3)ccc2Cl)c1. The molecular formula is C21H17ClN2O5S. The Balaban J connectivity index is 1.88. The maximum Gasteiger partial charge on any atom is 0.335 e. The maximum atomic E-state index is 12.7. The number of sulfonamides is 1. The molecule has 154 valence electrons. The molecule has 0 spiro atoms. The fraction of sp³-hybridized carbons (Fsp3) is 0.0476. The molecule has 1 amide bonds. The minimum Gasteiger partial charge on any atom is -0.478 e. The predicted octanol–water partition coefficient (Wildman–Crippen LogP) is 4.40. The standard InChI is InChI=1S/C21H17ClN2O5S/c1-13-4-2-6-15(10-13)23-20(25)18-12-17(8-9-19(18)22)30(28,29)24-16-7-3-5-14(11-16)21(26)27/h2-12,24H,1H3,(H,23,25)(H,26,27). The van der Waals surface area contributed by atoms with Gasteiger partial charge in [0.2, 0.25) is 0 Å². The first kappa shape index (κ1) is 21.4. The van der Waals surface area contributed by atoms with Crippen molar-refractivity contribution in [1.29, 1.82) is 0 Å². The van der Waals surface area contributed by atoms with Crippen molar-refractivity contribution in [2.45, 2.75) is 11.8 Å². The molecule has 0 aliphatic rings. The summed E-state index contributed by atoms with van der Waals surface area (Å²) < 4.78 is 27.8. The van der Waals surface area contributed by atoms with Gasteiger partial charge in [-0.3, -0.25) is 9.52 Å². The van der Waals surface area contributed by atoms with Crippen molar-refractivity contribution < 1.29 is 23.1 Å². The summed E-state index contributed by atoms with van der Waals surface area (Å²) in [6, 6.07) is 16.2. The van der Waals surface area contributed by atoms with Crippen LogP contribution in [0.15, 0.2) is 71.6 Å². The number of aromatic carboxylic acids is 1. The predicted molar refractivity (Wildman–Crippen MR) is 115 cm³/mol. The second-order valence-electron chi connectivity index (χ2n) is 6.46. The molecule has 0 heterocycles. The van der Waals surface area contributed by atoms with E-state index in [0.717, 1.165) is 11.6 Å². The lowest BCUT2D eigenvalue weighted by Gasteiger charge is -2.12. The molecule has 0 bridgehead atoms. The van der Waals surface area contributed by atoms with Gasteiger partial charge in [-0.05, 0) is 61.0 Å². The van der Waals surface area contributed by atoms with Gasteiger partial charge in [-0.2, -0.15) is 0 Å². The number of benzene rings is 3. The number of nitrogens with one attached hydrogen (secondary N) is 2. The van der Waals surface area contributed by atoms with Gasteiger partial charge in [0.05, 0.1) is 21.0 Å². The number of amides is 1. The van der Waals surface area contributed by atoms with Crippen LogP contribution in [0.3, 0.4) is 0 Å². The Bertz CT molecular complexity index is 1240. The van der Waals surface area contributed by atoms with Crippen LogP contribution < -0.4 is 10.0 Å². The molecule has 0 saturated heterocycles. The van der Waals surface area contributed by atoms with Gasteiger partial charge in [-0.1, -0.05) is 29.8 Å². The van der Waals surface area contributed by atoms with Crippen molar-refractivity contribution in [3.63, 3.8) is 0 Å². The number of carbonyl (C=O) groups is 2. The molecule has 0 aliphatic carbocycles.